The summed E-state index contributed by atoms with van der Waals surface area (Å²) in [7, 11) is 0. The van der Waals surface area contributed by atoms with Crippen molar-refractivity contribution >= 4 is 0 Å². The molecular formula is C26H48. The van der Waals surface area contributed by atoms with Gasteiger partial charge in [-0.1, -0.05) is 140 Å². The van der Waals surface area contributed by atoms with Crippen molar-refractivity contribution in [3.63, 3.8) is 0 Å². The quantitative estimate of drug-likeness (QED) is 0.403. The van der Waals surface area contributed by atoms with E-state index >= 15 is 0 Å². The maximum atomic E-state index is 2.36. The maximum Gasteiger partial charge on any atom is -0.0348 e. The molecule has 0 N–H and O–H groups in total. The highest BCUT2D eigenvalue weighted by Gasteiger charge is 1.95. The minimum Gasteiger partial charge on any atom is -0.0845 e. The smallest absolute Gasteiger partial charge is 0.0348 e. The standard InChI is InChI=1S/C26H48/c1-2-4-6-8-10-12-14-16-18-20-22-24-26-25-23-21-19-17-15-13-11-9-7-5-3-1/h1-4H,5-26H2. The summed E-state index contributed by atoms with van der Waals surface area (Å²) in [4.78, 5) is 0. The van der Waals surface area contributed by atoms with Crippen LogP contribution >= 0.6 is 0 Å². The molecule has 0 aromatic carbocycles. The average Bonchev–Trinajstić information content (AvgIpc) is 2.65. The third-order valence-electron chi connectivity index (χ3n) is 5.87. The molecule has 0 unspecified atom stereocenters. The second-order valence-corrected chi connectivity index (χ2v) is 8.50. The summed E-state index contributed by atoms with van der Waals surface area (Å²) in [6, 6.07) is 0. The summed E-state index contributed by atoms with van der Waals surface area (Å²) in [6.07, 6.45) is 41.0. The van der Waals surface area contributed by atoms with Crippen LogP contribution in [-0.2, 0) is 0 Å². The van der Waals surface area contributed by atoms with Gasteiger partial charge in [-0.15, -0.1) is 0 Å². The summed E-state index contributed by atoms with van der Waals surface area (Å²) in [5.41, 5.74) is 0. The molecule has 0 spiro atoms. The van der Waals surface area contributed by atoms with Crippen molar-refractivity contribution in [3.05, 3.63) is 24.3 Å². The minimum absolute atomic E-state index is 1.27. The van der Waals surface area contributed by atoms with E-state index in [1.807, 2.05) is 0 Å². The zero-order valence-corrected chi connectivity index (χ0v) is 17.9. The van der Waals surface area contributed by atoms with E-state index in [2.05, 4.69) is 24.3 Å². The van der Waals surface area contributed by atoms with E-state index in [4.69, 9.17) is 0 Å². The van der Waals surface area contributed by atoms with Crippen LogP contribution < -0.4 is 0 Å². The first-order valence-corrected chi connectivity index (χ1v) is 12.3. The lowest BCUT2D eigenvalue weighted by atomic mass is 10.0. The lowest BCUT2D eigenvalue weighted by molar-refractivity contribution is 0.521. The highest BCUT2D eigenvalue weighted by molar-refractivity contribution is 5.02. The predicted octanol–water partition coefficient (Wildman–Crippen LogP) is 9.69. The molecule has 1 aliphatic rings. The fourth-order valence-electron chi connectivity index (χ4n) is 4.06. The summed E-state index contributed by atoms with van der Waals surface area (Å²) in [5.74, 6) is 0. The first-order valence-electron chi connectivity index (χ1n) is 12.3. The third-order valence-corrected chi connectivity index (χ3v) is 5.87. The third kappa shape index (κ3) is 18.3. The maximum absolute atomic E-state index is 2.36. The molecule has 1 rings (SSSR count). The van der Waals surface area contributed by atoms with Gasteiger partial charge in [0.15, 0.2) is 0 Å². The van der Waals surface area contributed by atoms with Gasteiger partial charge in [-0.25, -0.2) is 0 Å². The molecule has 0 aromatic rings. The van der Waals surface area contributed by atoms with E-state index < -0.39 is 0 Å². The molecule has 0 saturated carbocycles. The number of rotatable bonds is 0. The van der Waals surface area contributed by atoms with Gasteiger partial charge >= 0.3 is 0 Å². The highest BCUT2D eigenvalue weighted by atomic mass is 14.0. The Kier molecular flexibility index (Phi) is 18.8. The zero-order chi connectivity index (χ0) is 18.4. The second kappa shape index (κ2) is 20.8. The molecule has 0 aromatic heterocycles. The zero-order valence-electron chi connectivity index (χ0n) is 17.9. The van der Waals surface area contributed by atoms with Crippen LogP contribution in [0.4, 0.5) is 0 Å². The Balaban J connectivity index is 2.09. The molecule has 0 radical (unpaired) electrons. The average molecular weight is 361 g/mol. The Morgan fingerprint density at radius 3 is 0.654 bits per heavy atom. The van der Waals surface area contributed by atoms with Crippen molar-refractivity contribution in [3.8, 4) is 0 Å². The predicted molar refractivity (Wildman–Crippen MR) is 120 cm³/mol. The van der Waals surface area contributed by atoms with E-state index in [-0.39, 0.29) is 0 Å². The number of hydrogen-bond donors (Lipinski definition) is 0. The summed E-state index contributed by atoms with van der Waals surface area (Å²) >= 11 is 0. The molecule has 0 atom stereocenters. The first-order chi connectivity index (χ1) is 13.0. The Morgan fingerprint density at radius 1 is 0.231 bits per heavy atom. The van der Waals surface area contributed by atoms with Crippen molar-refractivity contribution in [2.75, 3.05) is 0 Å². The molecule has 0 fully saturated rings. The fraction of sp³-hybridized carbons (Fsp3) is 0.846. The Hall–Kier alpha value is -0.520. The van der Waals surface area contributed by atoms with Crippen molar-refractivity contribution in [1.82, 2.24) is 0 Å². The van der Waals surface area contributed by atoms with Gasteiger partial charge in [0.2, 0.25) is 0 Å². The van der Waals surface area contributed by atoms with E-state index in [1.165, 1.54) is 141 Å². The minimum atomic E-state index is 1.27. The van der Waals surface area contributed by atoms with Crippen LogP contribution in [0.1, 0.15) is 141 Å². The van der Waals surface area contributed by atoms with Gasteiger partial charge in [-0.2, -0.15) is 0 Å². The Bertz CT molecular complexity index is 280. The normalized spacial score (nSPS) is 22.8. The van der Waals surface area contributed by atoms with Crippen LogP contribution in [0, 0.1) is 0 Å². The lowest BCUT2D eigenvalue weighted by Crippen LogP contribution is -1.84. The molecule has 0 nitrogen and oxygen atoms in total. The summed E-state index contributed by atoms with van der Waals surface area (Å²) in [6.45, 7) is 0. The van der Waals surface area contributed by atoms with Gasteiger partial charge in [0.25, 0.3) is 0 Å². The van der Waals surface area contributed by atoms with E-state index in [9.17, 15) is 0 Å². The number of hydrogen-bond acceptors (Lipinski definition) is 0. The van der Waals surface area contributed by atoms with Crippen LogP contribution in [0.15, 0.2) is 24.3 Å². The van der Waals surface area contributed by atoms with Gasteiger partial charge in [-0.05, 0) is 25.7 Å². The number of allylic oxidation sites excluding steroid dienone is 4. The molecule has 26 heavy (non-hydrogen) atoms. The molecule has 0 saturated heterocycles. The van der Waals surface area contributed by atoms with Gasteiger partial charge < -0.3 is 0 Å². The van der Waals surface area contributed by atoms with E-state index in [1.54, 1.807) is 0 Å². The molecule has 0 bridgehead atoms. The van der Waals surface area contributed by atoms with Crippen molar-refractivity contribution in [1.29, 1.82) is 0 Å². The molecule has 1 aliphatic carbocycles. The topological polar surface area (TPSA) is 0 Å². The van der Waals surface area contributed by atoms with E-state index in [0.29, 0.717) is 0 Å². The van der Waals surface area contributed by atoms with Crippen LogP contribution in [0.2, 0.25) is 0 Å². The van der Waals surface area contributed by atoms with Crippen molar-refractivity contribution in [2.24, 2.45) is 0 Å². The van der Waals surface area contributed by atoms with Crippen molar-refractivity contribution < 1.29 is 0 Å². The first kappa shape index (κ1) is 23.5. The van der Waals surface area contributed by atoms with Crippen LogP contribution in [-0.4, -0.2) is 0 Å². The highest BCUT2D eigenvalue weighted by Crippen LogP contribution is 2.15. The fourth-order valence-corrected chi connectivity index (χ4v) is 4.06. The van der Waals surface area contributed by atoms with Crippen molar-refractivity contribution in [2.45, 2.75) is 141 Å². The van der Waals surface area contributed by atoms with Gasteiger partial charge in [0.05, 0.1) is 0 Å². The molecular weight excluding hydrogens is 312 g/mol. The van der Waals surface area contributed by atoms with Gasteiger partial charge in [-0.3, -0.25) is 0 Å². The summed E-state index contributed by atoms with van der Waals surface area (Å²) in [5, 5.41) is 0. The largest absolute Gasteiger partial charge is 0.0845 e. The Morgan fingerprint density at radius 2 is 0.423 bits per heavy atom. The molecule has 0 heteroatoms. The van der Waals surface area contributed by atoms with Crippen LogP contribution in [0.5, 0.6) is 0 Å². The molecule has 0 aliphatic heterocycles. The molecule has 0 heterocycles. The second-order valence-electron chi connectivity index (χ2n) is 8.50. The Labute approximate surface area is 165 Å². The lowest BCUT2D eigenvalue weighted by Gasteiger charge is -2.04. The summed E-state index contributed by atoms with van der Waals surface area (Å²) < 4.78 is 0. The van der Waals surface area contributed by atoms with Crippen LogP contribution in [0.25, 0.3) is 0 Å². The van der Waals surface area contributed by atoms with Gasteiger partial charge in [0.1, 0.15) is 0 Å². The van der Waals surface area contributed by atoms with Crippen LogP contribution in [0.3, 0.4) is 0 Å². The van der Waals surface area contributed by atoms with E-state index in [0.717, 1.165) is 0 Å². The van der Waals surface area contributed by atoms with Gasteiger partial charge in [0, 0.05) is 0 Å². The molecule has 152 valence electrons. The monoisotopic (exact) mass is 360 g/mol. The SMILES string of the molecule is C1=CCCCCCCCCCCCCCCCCCCCCCCC=C1. The molecule has 0 amide bonds.